The van der Waals surface area contributed by atoms with Crippen molar-refractivity contribution in [2.75, 3.05) is 5.32 Å². The molecule has 0 radical (unpaired) electrons. The van der Waals surface area contributed by atoms with Crippen molar-refractivity contribution < 1.29 is 31.8 Å². The van der Waals surface area contributed by atoms with Gasteiger partial charge in [0.05, 0.1) is 11.4 Å². The highest BCUT2D eigenvalue weighted by Crippen LogP contribution is 2.28. The van der Waals surface area contributed by atoms with Gasteiger partial charge in [0.25, 0.3) is 5.56 Å². The van der Waals surface area contributed by atoms with Crippen molar-refractivity contribution in [2.45, 2.75) is 20.1 Å². The number of halogens is 4. The molecule has 3 aromatic rings. The minimum absolute atomic E-state index is 0.0125. The summed E-state index contributed by atoms with van der Waals surface area (Å²) in [5.74, 6) is -1.56. The highest BCUT2D eigenvalue weighted by Gasteiger charge is 2.17. The number of para-hydroxylation sites is 1. The number of ether oxygens (including phenoxy) is 2. The van der Waals surface area contributed by atoms with E-state index < -0.39 is 30.4 Å². The van der Waals surface area contributed by atoms with Crippen LogP contribution in [0.3, 0.4) is 0 Å². The predicted octanol–water partition coefficient (Wildman–Crippen LogP) is 4.34. The minimum Gasteiger partial charge on any atom is -0.435 e. The van der Waals surface area contributed by atoms with Crippen molar-refractivity contribution in [3.8, 4) is 17.2 Å². The third-order valence-electron chi connectivity index (χ3n) is 4.64. The number of hydrogen-bond donors (Lipinski definition) is 1. The zero-order valence-corrected chi connectivity index (χ0v) is 17.5. The van der Waals surface area contributed by atoms with E-state index in [2.05, 4.69) is 14.8 Å². The monoisotopic (exact) mass is 465 g/mol. The Morgan fingerprint density at radius 3 is 2.33 bits per heavy atom. The first kappa shape index (κ1) is 23.6. The Balaban J connectivity index is 1.84. The SMILES string of the molecule is Cc1c(NC(=O)/C=C/c2ccc(OC(F)F)cc2OC(F)F)c(=O)n(-c2ccccc2)n1C. The van der Waals surface area contributed by atoms with E-state index in [1.54, 1.807) is 49.0 Å². The van der Waals surface area contributed by atoms with Gasteiger partial charge in [0.1, 0.15) is 17.2 Å². The van der Waals surface area contributed by atoms with E-state index in [9.17, 15) is 27.2 Å². The molecule has 3 rings (SSSR count). The maximum atomic E-state index is 12.8. The number of carbonyl (C=O) groups excluding carboxylic acids is 1. The summed E-state index contributed by atoms with van der Waals surface area (Å²) in [7, 11) is 1.66. The van der Waals surface area contributed by atoms with Gasteiger partial charge in [-0.2, -0.15) is 17.6 Å². The van der Waals surface area contributed by atoms with Crippen molar-refractivity contribution in [2.24, 2.45) is 7.05 Å². The molecule has 0 aliphatic carbocycles. The van der Waals surface area contributed by atoms with Crippen molar-refractivity contribution in [1.82, 2.24) is 9.36 Å². The Hall–Kier alpha value is -4.02. The molecule has 2 aromatic carbocycles. The fourth-order valence-corrected chi connectivity index (χ4v) is 3.07. The van der Waals surface area contributed by atoms with Gasteiger partial charge >= 0.3 is 13.2 Å². The van der Waals surface area contributed by atoms with Crippen molar-refractivity contribution in [3.63, 3.8) is 0 Å². The summed E-state index contributed by atoms with van der Waals surface area (Å²) in [6.45, 7) is -4.72. The summed E-state index contributed by atoms with van der Waals surface area (Å²) in [5.41, 5.74) is 0.683. The Labute approximate surface area is 185 Å². The third-order valence-corrected chi connectivity index (χ3v) is 4.64. The molecule has 1 aromatic heterocycles. The molecule has 33 heavy (non-hydrogen) atoms. The van der Waals surface area contributed by atoms with Gasteiger partial charge in [-0.05, 0) is 37.3 Å². The minimum atomic E-state index is -3.23. The lowest BCUT2D eigenvalue weighted by molar-refractivity contribution is -0.111. The first-order valence-corrected chi connectivity index (χ1v) is 9.54. The fraction of sp³-hybridized carbons (Fsp3) is 0.182. The fourth-order valence-electron chi connectivity index (χ4n) is 3.07. The summed E-state index contributed by atoms with van der Waals surface area (Å²) in [6.07, 6.45) is 2.15. The molecule has 0 spiro atoms. The number of alkyl halides is 4. The van der Waals surface area contributed by atoms with Crippen LogP contribution in [0.15, 0.2) is 59.4 Å². The standard InChI is InChI=1S/C22H19F4N3O4/c1-13-19(20(31)29(28(13)2)15-6-4-3-5-7-15)27-18(30)11-9-14-8-10-16(32-21(23)24)12-17(14)33-22(25)26/h3-12,21-22H,1-2H3,(H,27,30)/b11-9+. The van der Waals surface area contributed by atoms with Crippen LogP contribution in [0.4, 0.5) is 23.2 Å². The van der Waals surface area contributed by atoms with Crippen LogP contribution in [0.5, 0.6) is 11.5 Å². The molecular formula is C22H19F4N3O4. The summed E-state index contributed by atoms with van der Waals surface area (Å²) < 4.78 is 61.6. The molecule has 0 saturated carbocycles. The normalized spacial score (nSPS) is 11.4. The molecule has 174 valence electrons. The number of nitrogens with zero attached hydrogens (tertiary/aromatic N) is 2. The second kappa shape index (κ2) is 10.1. The Morgan fingerprint density at radius 1 is 1.03 bits per heavy atom. The Morgan fingerprint density at radius 2 is 1.70 bits per heavy atom. The summed E-state index contributed by atoms with van der Waals surface area (Å²) in [5, 5.41) is 2.48. The predicted molar refractivity (Wildman–Crippen MR) is 113 cm³/mol. The van der Waals surface area contributed by atoms with Crippen LogP contribution < -0.4 is 20.3 Å². The second-order valence-corrected chi connectivity index (χ2v) is 6.72. The number of amides is 1. The van der Waals surface area contributed by atoms with Crippen LogP contribution in [0.2, 0.25) is 0 Å². The Bertz CT molecular complexity index is 1220. The van der Waals surface area contributed by atoms with Gasteiger partial charge in [-0.25, -0.2) is 4.68 Å². The number of aromatic nitrogens is 2. The van der Waals surface area contributed by atoms with Crippen LogP contribution in [-0.2, 0) is 11.8 Å². The molecule has 0 atom stereocenters. The molecule has 1 heterocycles. The van der Waals surface area contributed by atoms with Crippen molar-refractivity contribution in [1.29, 1.82) is 0 Å². The van der Waals surface area contributed by atoms with Gasteiger partial charge < -0.3 is 14.8 Å². The van der Waals surface area contributed by atoms with Gasteiger partial charge in [0.2, 0.25) is 5.91 Å². The maximum Gasteiger partial charge on any atom is 0.387 e. The van der Waals surface area contributed by atoms with E-state index in [1.807, 2.05) is 0 Å². The number of hydrogen-bond acceptors (Lipinski definition) is 4. The molecule has 0 saturated heterocycles. The zero-order valence-electron chi connectivity index (χ0n) is 17.5. The lowest BCUT2D eigenvalue weighted by Crippen LogP contribution is -2.22. The molecule has 0 fully saturated rings. The van der Waals surface area contributed by atoms with Gasteiger partial charge in [-0.15, -0.1) is 0 Å². The first-order valence-electron chi connectivity index (χ1n) is 9.54. The van der Waals surface area contributed by atoms with E-state index >= 15 is 0 Å². The van der Waals surface area contributed by atoms with Gasteiger partial charge in [-0.3, -0.25) is 14.3 Å². The van der Waals surface area contributed by atoms with Gasteiger partial charge in [0, 0.05) is 24.8 Å². The van der Waals surface area contributed by atoms with Crippen LogP contribution in [0, 0.1) is 6.92 Å². The number of rotatable bonds is 8. The van der Waals surface area contributed by atoms with Crippen LogP contribution in [0.25, 0.3) is 11.8 Å². The smallest absolute Gasteiger partial charge is 0.387 e. The Kier molecular flexibility index (Phi) is 7.21. The lowest BCUT2D eigenvalue weighted by Gasteiger charge is -2.11. The van der Waals surface area contributed by atoms with Gasteiger partial charge in [-0.1, -0.05) is 18.2 Å². The van der Waals surface area contributed by atoms with E-state index in [0.717, 1.165) is 24.3 Å². The topological polar surface area (TPSA) is 74.5 Å². The average Bonchev–Trinajstić information content (AvgIpc) is 2.96. The maximum absolute atomic E-state index is 12.8. The molecule has 0 bridgehead atoms. The number of benzene rings is 2. The molecular weight excluding hydrogens is 446 g/mol. The quantitative estimate of drug-likeness (QED) is 0.397. The summed E-state index contributed by atoms with van der Waals surface area (Å²) in [4.78, 5) is 25.3. The van der Waals surface area contributed by atoms with E-state index in [0.29, 0.717) is 11.4 Å². The lowest BCUT2D eigenvalue weighted by atomic mass is 10.1. The van der Waals surface area contributed by atoms with E-state index in [4.69, 9.17) is 0 Å². The van der Waals surface area contributed by atoms with Crippen LogP contribution >= 0.6 is 0 Å². The molecule has 1 N–H and O–H groups in total. The molecule has 0 unspecified atom stereocenters. The second-order valence-electron chi connectivity index (χ2n) is 6.72. The number of anilines is 1. The first-order chi connectivity index (χ1) is 15.7. The van der Waals surface area contributed by atoms with Crippen molar-refractivity contribution >= 4 is 17.7 Å². The largest absolute Gasteiger partial charge is 0.435 e. The average molecular weight is 465 g/mol. The summed E-state index contributed by atoms with van der Waals surface area (Å²) in [6, 6.07) is 11.9. The molecule has 0 aliphatic heterocycles. The highest BCUT2D eigenvalue weighted by molar-refractivity contribution is 6.02. The molecule has 11 heteroatoms. The molecule has 7 nitrogen and oxygen atoms in total. The summed E-state index contributed by atoms with van der Waals surface area (Å²) >= 11 is 0. The van der Waals surface area contributed by atoms with E-state index in [-0.39, 0.29) is 17.0 Å². The third kappa shape index (κ3) is 5.62. The molecule has 0 aliphatic rings. The van der Waals surface area contributed by atoms with E-state index in [1.165, 1.54) is 10.7 Å². The number of carbonyl (C=O) groups is 1. The van der Waals surface area contributed by atoms with Crippen LogP contribution in [0.1, 0.15) is 11.3 Å². The zero-order chi connectivity index (χ0) is 24.1. The van der Waals surface area contributed by atoms with Crippen molar-refractivity contribution in [3.05, 3.63) is 76.2 Å². The number of nitrogens with one attached hydrogen (secondary N) is 1. The van der Waals surface area contributed by atoms with Crippen LogP contribution in [-0.4, -0.2) is 28.5 Å². The molecule has 1 amide bonds. The highest BCUT2D eigenvalue weighted by atomic mass is 19.3. The van der Waals surface area contributed by atoms with Gasteiger partial charge in [0.15, 0.2) is 0 Å².